The normalized spacial score (nSPS) is 14.3. The van der Waals surface area contributed by atoms with E-state index in [1.165, 1.54) is 37.3 Å². The molecule has 3 aromatic rings. The third-order valence-electron chi connectivity index (χ3n) is 8.35. The zero-order valence-electron chi connectivity index (χ0n) is 27.2. The summed E-state index contributed by atoms with van der Waals surface area (Å²) >= 11 is 6.53. The minimum absolute atomic E-state index is 0.0339. The van der Waals surface area contributed by atoms with Gasteiger partial charge in [0.05, 0.1) is 24.8 Å². The average molecular weight is 670 g/mol. The summed E-state index contributed by atoms with van der Waals surface area (Å²) < 4.78 is 40.6. The predicted molar refractivity (Wildman–Crippen MR) is 181 cm³/mol. The number of sulfonamides is 1. The molecule has 0 aromatic heterocycles. The van der Waals surface area contributed by atoms with Crippen molar-refractivity contribution in [2.45, 2.75) is 82.8 Å². The fourth-order valence-electron chi connectivity index (χ4n) is 6.00. The van der Waals surface area contributed by atoms with Crippen LogP contribution in [0.5, 0.6) is 11.5 Å². The number of ether oxygens (including phenoxy) is 2. The largest absolute Gasteiger partial charge is 0.493 e. The van der Waals surface area contributed by atoms with Crippen molar-refractivity contribution in [3.8, 4) is 11.5 Å². The quantitative estimate of drug-likeness (QED) is 0.225. The lowest BCUT2D eigenvalue weighted by Crippen LogP contribution is -2.54. The monoisotopic (exact) mass is 669 g/mol. The molecule has 46 heavy (non-hydrogen) atoms. The van der Waals surface area contributed by atoms with Crippen LogP contribution in [0.1, 0.15) is 62.1 Å². The zero-order valence-corrected chi connectivity index (χ0v) is 28.8. The molecule has 2 amide bonds. The van der Waals surface area contributed by atoms with Crippen molar-refractivity contribution >= 4 is 39.1 Å². The highest BCUT2D eigenvalue weighted by molar-refractivity contribution is 7.92. The van der Waals surface area contributed by atoms with Gasteiger partial charge in [0.15, 0.2) is 11.5 Å². The molecule has 4 rings (SSSR count). The van der Waals surface area contributed by atoms with Crippen molar-refractivity contribution in [3.05, 3.63) is 82.4 Å². The first kappa shape index (κ1) is 35.1. The van der Waals surface area contributed by atoms with Gasteiger partial charge in [-0.1, -0.05) is 62.1 Å². The van der Waals surface area contributed by atoms with E-state index >= 15 is 0 Å². The summed E-state index contributed by atoms with van der Waals surface area (Å²) in [6.45, 7) is 5.07. The van der Waals surface area contributed by atoms with Crippen LogP contribution in [0, 0.1) is 13.8 Å². The van der Waals surface area contributed by atoms with Gasteiger partial charge in [0.2, 0.25) is 11.8 Å². The summed E-state index contributed by atoms with van der Waals surface area (Å²) in [5, 5.41) is 3.61. The molecule has 0 radical (unpaired) electrons. The number of carbonyl (C=O) groups excluding carboxylic acids is 2. The predicted octanol–water partition coefficient (Wildman–Crippen LogP) is 6.43. The van der Waals surface area contributed by atoms with Crippen LogP contribution in [-0.2, 0) is 26.2 Å². The molecular weight excluding hydrogens is 626 g/mol. The number of amides is 2. The SMILES string of the molecule is CC[C@@H](C(=O)NC1CCCCC1)N(Cc1ccccc1Cl)C(=O)CN(c1cc(C)cc(C)c1)S(=O)(=O)c1ccc(OC)c(OC)c1. The topological polar surface area (TPSA) is 105 Å². The maximum atomic E-state index is 14.5. The number of hydrogen-bond acceptors (Lipinski definition) is 6. The summed E-state index contributed by atoms with van der Waals surface area (Å²) in [7, 11) is -1.41. The molecule has 0 unspecified atom stereocenters. The van der Waals surface area contributed by atoms with Crippen LogP contribution >= 0.6 is 11.6 Å². The minimum Gasteiger partial charge on any atom is -0.493 e. The molecule has 1 aliphatic rings. The molecule has 0 heterocycles. The highest BCUT2D eigenvalue weighted by Crippen LogP contribution is 2.33. The van der Waals surface area contributed by atoms with E-state index in [1.54, 1.807) is 30.3 Å². The number of rotatable bonds is 13. The molecule has 0 bridgehead atoms. The second kappa shape index (κ2) is 15.7. The van der Waals surface area contributed by atoms with Crippen molar-refractivity contribution in [1.29, 1.82) is 0 Å². The second-order valence-electron chi connectivity index (χ2n) is 11.8. The number of nitrogens with one attached hydrogen (secondary N) is 1. The Bertz CT molecular complexity index is 1620. The van der Waals surface area contributed by atoms with Gasteiger partial charge in [-0.25, -0.2) is 8.42 Å². The minimum atomic E-state index is -4.31. The molecule has 1 N–H and O–H groups in total. The van der Waals surface area contributed by atoms with E-state index in [0.717, 1.165) is 47.5 Å². The zero-order chi connectivity index (χ0) is 33.4. The Morgan fingerprint density at radius 3 is 2.20 bits per heavy atom. The van der Waals surface area contributed by atoms with Gasteiger partial charge in [0, 0.05) is 23.7 Å². The van der Waals surface area contributed by atoms with Gasteiger partial charge in [0.1, 0.15) is 12.6 Å². The van der Waals surface area contributed by atoms with Gasteiger partial charge in [-0.15, -0.1) is 0 Å². The van der Waals surface area contributed by atoms with Crippen LogP contribution in [0.4, 0.5) is 5.69 Å². The van der Waals surface area contributed by atoms with Crippen molar-refractivity contribution in [1.82, 2.24) is 10.2 Å². The third-order valence-corrected chi connectivity index (χ3v) is 10.5. The summed E-state index contributed by atoms with van der Waals surface area (Å²) in [6, 6.07) is 16.0. The number of carbonyl (C=O) groups is 2. The molecule has 9 nitrogen and oxygen atoms in total. The first-order valence-electron chi connectivity index (χ1n) is 15.6. The molecule has 0 aliphatic heterocycles. The molecule has 0 saturated heterocycles. The molecule has 1 fully saturated rings. The lowest BCUT2D eigenvalue weighted by atomic mass is 9.95. The first-order chi connectivity index (χ1) is 22.0. The third kappa shape index (κ3) is 8.33. The van der Waals surface area contributed by atoms with Crippen molar-refractivity contribution < 1.29 is 27.5 Å². The van der Waals surface area contributed by atoms with Crippen LogP contribution in [0.25, 0.3) is 0 Å². The summed E-state index contributed by atoms with van der Waals surface area (Å²) in [6.07, 6.45) is 5.35. The van der Waals surface area contributed by atoms with Crippen molar-refractivity contribution in [3.63, 3.8) is 0 Å². The number of methoxy groups -OCH3 is 2. The average Bonchev–Trinajstić information content (AvgIpc) is 3.03. The molecule has 1 atom stereocenters. The Kier molecular flexibility index (Phi) is 12.0. The Morgan fingerprint density at radius 2 is 1.59 bits per heavy atom. The fraction of sp³-hybridized carbons (Fsp3) is 0.429. The van der Waals surface area contributed by atoms with Gasteiger partial charge in [-0.3, -0.25) is 13.9 Å². The first-order valence-corrected chi connectivity index (χ1v) is 17.5. The molecule has 3 aromatic carbocycles. The number of anilines is 1. The number of hydrogen-bond donors (Lipinski definition) is 1. The number of halogens is 1. The molecule has 11 heteroatoms. The number of aryl methyl sites for hydroxylation is 2. The van der Waals surface area contributed by atoms with E-state index in [1.807, 2.05) is 32.9 Å². The Hall–Kier alpha value is -3.76. The standard InChI is InChI=1S/C35H44ClN3O6S/c1-6-31(35(41)37-27-13-8-7-9-14-27)38(22-26-12-10-11-15-30(26)36)34(40)23-39(28-19-24(2)18-25(3)20-28)46(42,43)29-16-17-32(44-4)33(21-29)45-5/h10-12,15-21,27,31H,6-9,13-14,22-23H2,1-5H3,(H,37,41)/t31-/m0/s1. The molecule has 0 spiro atoms. The smallest absolute Gasteiger partial charge is 0.264 e. The van der Waals surface area contributed by atoms with Gasteiger partial charge in [-0.2, -0.15) is 0 Å². The Labute approximate surface area is 277 Å². The number of nitrogens with zero attached hydrogens (tertiary/aromatic N) is 2. The second-order valence-corrected chi connectivity index (χ2v) is 14.0. The maximum Gasteiger partial charge on any atom is 0.264 e. The van der Waals surface area contributed by atoms with Crippen LogP contribution < -0.4 is 19.1 Å². The van der Waals surface area contributed by atoms with Crippen molar-refractivity contribution in [2.75, 3.05) is 25.1 Å². The van der Waals surface area contributed by atoms with Crippen LogP contribution in [0.2, 0.25) is 5.02 Å². The highest BCUT2D eigenvalue weighted by Gasteiger charge is 2.35. The summed E-state index contributed by atoms with van der Waals surface area (Å²) in [4.78, 5) is 29.6. The summed E-state index contributed by atoms with van der Waals surface area (Å²) in [5.74, 6) is -0.179. The van der Waals surface area contributed by atoms with Crippen LogP contribution in [0.3, 0.4) is 0 Å². The van der Waals surface area contributed by atoms with Crippen LogP contribution in [0.15, 0.2) is 65.6 Å². The van der Waals surface area contributed by atoms with Gasteiger partial charge in [0.25, 0.3) is 10.0 Å². The highest BCUT2D eigenvalue weighted by atomic mass is 35.5. The fourth-order valence-corrected chi connectivity index (χ4v) is 7.61. The molecule has 1 aliphatic carbocycles. The van der Waals surface area contributed by atoms with E-state index in [-0.39, 0.29) is 29.1 Å². The van der Waals surface area contributed by atoms with E-state index < -0.39 is 28.5 Å². The lowest BCUT2D eigenvalue weighted by molar-refractivity contribution is -0.140. The molecule has 1 saturated carbocycles. The van der Waals surface area contributed by atoms with Gasteiger partial charge in [-0.05, 0) is 80.1 Å². The number of benzene rings is 3. The van der Waals surface area contributed by atoms with E-state index in [4.69, 9.17) is 21.1 Å². The molecule has 248 valence electrons. The van der Waals surface area contributed by atoms with E-state index in [2.05, 4.69) is 5.32 Å². The van der Waals surface area contributed by atoms with E-state index in [0.29, 0.717) is 28.4 Å². The van der Waals surface area contributed by atoms with Gasteiger partial charge < -0.3 is 19.7 Å². The maximum absolute atomic E-state index is 14.5. The van der Waals surface area contributed by atoms with Crippen molar-refractivity contribution in [2.24, 2.45) is 0 Å². The van der Waals surface area contributed by atoms with Crippen LogP contribution in [-0.4, -0.2) is 58.0 Å². The summed E-state index contributed by atoms with van der Waals surface area (Å²) in [5.41, 5.74) is 2.66. The molecular formula is C35H44ClN3O6S. The van der Waals surface area contributed by atoms with Gasteiger partial charge >= 0.3 is 0 Å². The Balaban J connectivity index is 1.77. The van der Waals surface area contributed by atoms with E-state index in [9.17, 15) is 18.0 Å². The lowest BCUT2D eigenvalue weighted by Gasteiger charge is -2.34. The Morgan fingerprint density at radius 1 is 0.935 bits per heavy atom.